The summed E-state index contributed by atoms with van der Waals surface area (Å²) < 4.78 is 1.57. The predicted octanol–water partition coefficient (Wildman–Crippen LogP) is 1.32. The molecule has 3 aromatic heterocycles. The summed E-state index contributed by atoms with van der Waals surface area (Å²) in [4.78, 5) is 29.5. The van der Waals surface area contributed by atoms with Gasteiger partial charge in [0.15, 0.2) is 5.65 Å². The van der Waals surface area contributed by atoms with Gasteiger partial charge in [0.2, 0.25) is 5.91 Å². The molecule has 1 saturated carbocycles. The van der Waals surface area contributed by atoms with Crippen LogP contribution < -0.4 is 10.6 Å². The highest BCUT2D eigenvalue weighted by Gasteiger charge is 2.43. The van der Waals surface area contributed by atoms with Gasteiger partial charge in [-0.1, -0.05) is 6.42 Å². The molecule has 3 aromatic rings. The lowest BCUT2D eigenvalue weighted by Crippen LogP contribution is -2.49. The van der Waals surface area contributed by atoms with E-state index >= 15 is 0 Å². The number of hydrogen-bond donors (Lipinski definition) is 2. The van der Waals surface area contributed by atoms with Crippen LogP contribution in [0.4, 0.5) is 5.82 Å². The molecule has 2 N–H and O–H groups in total. The number of carbonyl (C=O) groups is 1. The Labute approximate surface area is 150 Å². The van der Waals surface area contributed by atoms with Gasteiger partial charge in [0, 0.05) is 25.5 Å². The van der Waals surface area contributed by atoms with Crippen molar-refractivity contribution in [3.05, 3.63) is 31.0 Å². The Morgan fingerprint density at radius 1 is 1.23 bits per heavy atom. The molecule has 134 valence electrons. The highest BCUT2D eigenvalue weighted by Crippen LogP contribution is 2.41. The third-order valence-electron chi connectivity index (χ3n) is 4.83. The molecule has 0 aliphatic heterocycles. The van der Waals surface area contributed by atoms with Crippen molar-refractivity contribution in [3.8, 4) is 5.95 Å². The lowest BCUT2D eigenvalue weighted by Gasteiger charge is -2.40. The number of nitrogens with zero attached hydrogens (tertiary/aromatic N) is 6. The molecule has 0 bridgehead atoms. The van der Waals surface area contributed by atoms with E-state index in [1.165, 1.54) is 6.33 Å². The molecule has 1 aliphatic rings. The number of aromatic nitrogens is 6. The Bertz CT molecular complexity index is 919. The first-order valence-corrected chi connectivity index (χ1v) is 8.72. The van der Waals surface area contributed by atoms with E-state index in [0.29, 0.717) is 30.5 Å². The quantitative estimate of drug-likeness (QED) is 0.688. The number of amides is 1. The molecule has 0 aromatic carbocycles. The zero-order valence-corrected chi connectivity index (χ0v) is 14.5. The molecule has 0 unspecified atom stereocenters. The van der Waals surface area contributed by atoms with Crippen LogP contribution in [-0.2, 0) is 4.79 Å². The Kier molecular flexibility index (Phi) is 4.19. The first-order chi connectivity index (χ1) is 12.7. The second kappa shape index (κ2) is 6.66. The summed E-state index contributed by atoms with van der Waals surface area (Å²) in [7, 11) is 0. The van der Waals surface area contributed by atoms with Crippen molar-refractivity contribution < 1.29 is 4.79 Å². The zero-order chi connectivity index (χ0) is 18.0. The fraction of sp³-hybridized carbons (Fsp3) is 0.412. The first kappa shape index (κ1) is 16.4. The topological polar surface area (TPSA) is 111 Å². The number of carbonyl (C=O) groups excluding carboxylic acids is 1. The molecule has 1 amide bonds. The van der Waals surface area contributed by atoms with Crippen LogP contribution in [0, 0.1) is 5.41 Å². The van der Waals surface area contributed by atoms with E-state index in [0.717, 1.165) is 24.6 Å². The largest absolute Gasteiger partial charge is 0.368 e. The molecular formula is C17H20N8O. The minimum absolute atomic E-state index is 0.109. The van der Waals surface area contributed by atoms with Gasteiger partial charge in [0.1, 0.15) is 12.1 Å². The van der Waals surface area contributed by atoms with Crippen LogP contribution in [0.15, 0.2) is 31.0 Å². The SMILES string of the molecule is CCNC(=O)C1(CNc2ncnc3c2cnn3-c2ncccn2)CCC1. The van der Waals surface area contributed by atoms with Crippen molar-refractivity contribution in [2.45, 2.75) is 26.2 Å². The molecule has 1 aliphatic carbocycles. The van der Waals surface area contributed by atoms with Gasteiger partial charge in [-0.3, -0.25) is 4.79 Å². The zero-order valence-electron chi connectivity index (χ0n) is 14.5. The molecule has 0 saturated heterocycles. The number of anilines is 1. The molecule has 0 radical (unpaired) electrons. The van der Waals surface area contributed by atoms with Gasteiger partial charge >= 0.3 is 0 Å². The summed E-state index contributed by atoms with van der Waals surface area (Å²) in [6.07, 6.45) is 9.32. The minimum Gasteiger partial charge on any atom is -0.368 e. The Hall–Kier alpha value is -3.10. The fourth-order valence-corrected chi connectivity index (χ4v) is 3.22. The number of rotatable bonds is 6. The third-order valence-corrected chi connectivity index (χ3v) is 4.83. The van der Waals surface area contributed by atoms with Crippen LogP contribution >= 0.6 is 0 Å². The van der Waals surface area contributed by atoms with Gasteiger partial charge < -0.3 is 10.6 Å². The molecular weight excluding hydrogens is 332 g/mol. The summed E-state index contributed by atoms with van der Waals surface area (Å²) in [5.74, 6) is 1.22. The maximum atomic E-state index is 12.4. The van der Waals surface area contributed by atoms with E-state index in [-0.39, 0.29) is 11.3 Å². The van der Waals surface area contributed by atoms with E-state index in [4.69, 9.17) is 0 Å². The van der Waals surface area contributed by atoms with Gasteiger partial charge in [-0.15, -0.1) is 0 Å². The second-order valence-electron chi connectivity index (χ2n) is 6.41. The predicted molar refractivity (Wildman–Crippen MR) is 95.7 cm³/mol. The Morgan fingerprint density at radius 3 is 2.73 bits per heavy atom. The molecule has 3 heterocycles. The van der Waals surface area contributed by atoms with Crippen molar-refractivity contribution in [1.82, 2.24) is 35.0 Å². The summed E-state index contributed by atoms with van der Waals surface area (Å²) in [6, 6.07) is 1.75. The maximum absolute atomic E-state index is 12.4. The van der Waals surface area contributed by atoms with Crippen molar-refractivity contribution in [1.29, 1.82) is 0 Å². The van der Waals surface area contributed by atoms with E-state index < -0.39 is 0 Å². The minimum atomic E-state index is -0.355. The van der Waals surface area contributed by atoms with E-state index in [2.05, 4.69) is 35.7 Å². The lowest BCUT2D eigenvalue weighted by molar-refractivity contribution is -0.134. The number of hydrogen-bond acceptors (Lipinski definition) is 7. The van der Waals surface area contributed by atoms with Gasteiger partial charge in [-0.25, -0.2) is 19.9 Å². The lowest BCUT2D eigenvalue weighted by atomic mass is 9.68. The van der Waals surface area contributed by atoms with E-state index in [1.807, 2.05) is 6.92 Å². The third kappa shape index (κ3) is 2.75. The van der Waals surface area contributed by atoms with E-state index in [1.54, 1.807) is 29.3 Å². The van der Waals surface area contributed by atoms with Crippen molar-refractivity contribution in [3.63, 3.8) is 0 Å². The van der Waals surface area contributed by atoms with Crippen molar-refractivity contribution in [2.24, 2.45) is 5.41 Å². The van der Waals surface area contributed by atoms with Crippen molar-refractivity contribution >= 4 is 22.8 Å². The summed E-state index contributed by atoms with van der Waals surface area (Å²) in [5, 5.41) is 11.4. The molecule has 9 nitrogen and oxygen atoms in total. The van der Waals surface area contributed by atoms with Crippen LogP contribution in [0.5, 0.6) is 0 Å². The van der Waals surface area contributed by atoms with Crippen molar-refractivity contribution in [2.75, 3.05) is 18.4 Å². The van der Waals surface area contributed by atoms with Crippen LogP contribution in [0.3, 0.4) is 0 Å². The normalized spacial score (nSPS) is 15.4. The van der Waals surface area contributed by atoms with Gasteiger partial charge in [-0.2, -0.15) is 9.78 Å². The summed E-state index contributed by atoms with van der Waals surface area (Å²) in [5.41, 5.74) is 0.264. The Morgan fingerprint density at radius 2 is 2.04 bits per heavy atom. The van der Waals surface area contributed by atoms with Gasteiger partial charge in [-0.05, 0) is 25.8 Å². The number of nitrogens with one attached hydrogen (secondary N) is 2. The smallest absolute Gasteiger partial charge is 0.252 e. The first-order valence-electron chi connectivity index (χ1n) is 8.72. The van der Waals surface area contributed by atoms with Crippen LogP contribution in [0.1, 0.15) is 26.2 Å². The molecule has 0 atom stereocenters. The standard InChI is InChI=1S/C17H20N8O/c1-2-18-15(26)17(5-3-6-17)10-21-13-12-9-24-25(14(12)23-11-22-13)16-19-7-4-8-20-16/h4,7-9,11H,2-3,5-6,10H2,1H3,(H,18,26)(H,21,22,23). The maximum Gasteiger partial charge on any atom is 0.252 e. The second-order valence-corrected chi connectivity index (χ2v) is 6.41. The molecule has 4 rings (SSSR count). The molecule has 26 heavy (non-hydrogen) atoms. The molecule has 0 spiro atoms. The monoisotopic (exact) mass is 352 g/mol. The molecule has 1 fully saturated rings. The van der Waals surface area contributed by atoms with Gasteiger partial charge in [0.05, 0.1) is 17.0 Å². The van der Waals surface area contributed by atoms with Crippen LogP contribution in [0.25, 0.3) is 17.0 Å². The Balaban J connectivity index is 1.60. The van der Waals surface area contributed by atoms with Crippen LogP contribution in [-0.4, -0.2) is 48.7 Å². The van der Waals surface area contributed by atoms with Crippen LogP contribution in [0.2, 0.25) is 0 Å². The average Bonchev–Trinajstić information content (AvgIpc) is 3.06. The highest BCUT2D eigenvalue weighted by atomic mass is 16.2. The van der Waals surface area contributed by atoms with E-state index in [9.17, 15) is 4.79 Å². The number of fused-ring (bicyclic) bond motifs is 1. The highest BCUT2D eigenvalue weighted by molar-refractivity contribution is 5.88. The molecule has 9 heteroatoms. The summed E-state index contributed by atoms with van der Waals surface area (Å²) >= 11 is 0. The summed E-state index contributed by atoms with van der Waals surface area (Å²) in [6.45, 7) is 3.12. The average molecular weight is 352 g/mol. The van der Waals surface area contributed by atoms with Gasteiger partial charge in [0.25, 0.3) is 5.95 Å². The fourth-order valence-electron chi connectivity index (χ4n) is 3.22.